The monoisotopic (exact) mass is 255 g/mol. The van der Waals surface area contributed by atoms with E-state index in [4.69, 9.17) is 0 Å². The average Bonchev–Trinajstić information content (AvgIpc) is 2.54. The molecule has 1 atom stereocenters. The van der Waals surface area contributed by atoms with Gasteiger partial charge in [-0.1, -0.05) is 72.8 Å². The fourth-order valence-corrected chi connectivity index (χ4v) is 3.14. The number of fused-ring (bicyclic) bond motifs is 2. The third-order valence-corrected chi connectivity index (χ3v) is 4.11. The van der Waals surface area contributed by atoms with Gasteiger partial charge in [0, 0.05) is 5.92 Å². The molecule has 0 fully saturated rings. The maximum absolute atomic E-state index is 3.56. The number of allylic oxidation sites excluding steroid dienone is 2. The van der Waals surface area contributed by atoms with E-state index >= 15 is 0 Å². The van der Waals surface area contributed by atoms with Crippen LogP contribution in [0.5, 0.6) is 0 Å². The zero-order valence-corrected chi connectivity index (χ0v) is 11.2. The topological polar surface area (TPSA) is 0 Å². The predicted molar refractivity (Wildman–Crippen MR) is 83.8 cm³/mol. The van der Waals surface area contributed by atoms with E-state index in [0.29, 0.717) is 0 Å². The summed E-state index contributed by atoms with van der Waals surface area (Å²) in [5.74, 6) is 0.256. The van der Waals surface area contributed by atoms with E-state index < -0.39 is 0 Å². The highest BCUT2D eigenvalue weighted by Crippen LogP contribution is 2.35. The lowest BCUT2D eigenvalue weighted by Gasteiger charge is -2.22. The van der Waals surface area contributed by atoms with Gasteiger partial charge in [-0.2, -0.15) is 0 Å². The van der Waals surface area contributed by atoms with Gasteiger partial charge in [0.25, 0.3) is 0 Å². The maximum Gasteiger partial charge on any atom is 0.0348 e. The minimum absolute atomic E-state index is 0.256. The van der Waals surface area contributed by atoms with Crippen molar-refractivity contribution in [1.29, 1.82) is 0 Å². The van der Waals surface area contributed by atoms with Gasteiger partial charge in [0.15, 0.2) is 0 Å². The molecule has 0 spiro atoms. The lowest BCUT2D eigenvalue weighted by atomic mass is 9.81. The van der Waals surface area contributed by atoms with E-state index in [0.717, 1.165) is 6.42 Å². The second kappa shape index (κ2) is 4.64. The van der Waals surface area contributed by atoms with Crippen LogP contribution >= 0.6 is 0 Å². The maximum atomic E-state index is 3.56. The smallest absolute Gasteiger partial charge is 0.0348 e. The van der Waals surface area contributed by atoms with Crippen LogP contribution in [-0.2, 0) is 6.42 Å². The van der Waals surface area contributed by atoms with Gasteiger partial charge in [0.1, 0.15) is 0 Å². The molecule has 3 aromatic carbocycles. The molecule has 0 saturated carbocycles. The van der Waals surface area contributed by atoms with Gasteiger partial charge >= 0.3 is 0 Å². The standard InChI is InChI=1S/C20H15/c1-3-11-17-15(7-1)9-5-13-19(17)20-14-6-10-16-8-2-4-12-18(16)20/h1-9,11-13,20H,10H2. The molecule has 1 unspecified atom stereocenters. The summed E-state index contributed by atoms with van der Waals surface area (Å²) in [5.41, 5.74) is 4.17. The summed E-state index contributed by atoms with van der Waals surface area (Å²) < 4.78 is 0. The Morgan fingerprint density at radius 2 is 1.50 bits per heavy atom. The zero-order valence-electron chi connectivity index (χ0n) is 11.2. The van der Waals surface area contributed by atoms with Crippen LogP contribution in [0.15, 0.2) is 72.8 Å². The number of rotatable bonds is 1. The lowest BCUT2D eigenvalue weighted by Crippen LogP contribution is -2.07. The molecule has 0 heteroatoms. The Morgan fingerprint density at radius 3 is 2.50 bits per heavy atom. The minimum Gasteiger partial charge on any atom is -0.0756 e. The Kier molecular flexibility index (Phi) is 2.67. The van der Waals surface area contributed by atoms with Crippen LogP contribution in [0.1, 0.15) is 22.6 Å². The molecule has 20 heavy (non-hydrogen) atoms. The second-order valence-corrected chi connectivity index (χ2v) is 5.28. The fraction of sp³-hybridized carbons (Fsp3) is 0.100. The van der Waals surface area contributed by atoms with Crippen LogP contribution in [0.3, 0.4) is 0 Å². The first-order chi connectivity index (χ1) is 9.93. The highest BCUT2D eigenvalue weighted by Gasteiger charge is 2.19. The zero-order chi connectivity index (χ0) is 13.4. The van der Waals surface area contributed by atoms with Crippen LogP contribution in [0.4, 0.5) is 0 Å². The van der Waals surface area contributed by atoms with Crippen LogP contribution in [0.25, 0.3) is 10.8 Å². The second-order valence-electron chi connectivity index (χ2n) is 5.28. The number of hydrogen-bond acceptors (Lipinski definition) is 0. The Labute approximate surface area is 119 Å². The van der Waals surface area contributed by atoms with E-state index in [1.54, 1.807) is 0 Å². The fourth-order valence-electron chi connectivity index (χ4n) is 3.14. The molecule has 0 aliphatic heterocycles. The largest absolute Gasteiger partial charge is 0.0756 e. The molecule has 0 bridgehead atoms. The molecule has 0 aromatic heterocycles. The van der Waals surface area contributed by atoms with Gasteiger partial charge < -0.3 is 0 Å². The molecule has 95 valence electrons. The van der Waals surface area contributed by atoms with E-state index in [9.17, 15) is 0 Å². The quantitative estimate of drug-likeness (QED) is 0.581. The van der Waals surface area contributed by atoms with Gasteiger partial charge in [-0.25, -0.2) is 0 Å². The van der Waals surface area contributed by atoms with Gasteiger partial charge in [0.2, 0.25) is 0 Å². The van der Waals surface area contributed by atoms with Crippen LogP contribution in [0.2, 0.25) is 0 Å². The molecular formula is C20H15. The number of hydrogen-bond donors (Lipinski definition) is 0. The average molecular weight is 255 g/mol. The lowest BCUT2D eigenvalue weighted by molar-refractivity contribution is 0.936. The normalized spacial score (nSPS) is 17.1. The van der Waals surface area contributed by atoms with Crippen molar-refractivity contribution in [1.82, 2.24) is 0 Å². The Balaban J connectivity index is 1.96. The summed E-state index contributed by atoms with van der Waals surface area (Å²) in [6, 6.07) is 23.9. The summed E-state index contributed by atoms with van der Waals surface area (Å²) in [6.45, 7) is 0. The molecule has 0 nitrogen and oxygen atoms in total. The summed E-state index contributed by atoms with van der Waals surface area (Å²) in [6.07, 6.45) is 6.73. The van der Waals surface area contributed by atoms with Crippen molar-refractivity contribution < 1.29 is 0 Å². The third-order valence-electron chi connectivity index (χ3n) is 4.11. The summed E-state index contributed by atoms with van der Waals surface area (Å²) >= 11 is 0. The summed E-state index contributed by atoms with van der Waals surface area (Å²) in [4.78, 5) is 0. The van der Waals surface area contributed by atoms with Crippen molar-refractivity contribution in [3.8, 4) is 0 Å². The highest BCUT2D eigenvalue weighted by atomic mass is 14.2. The van der Waals surface area contributed by atoms with Crippen LogP contribution in [0, 0.1) is 6.08 Å². The van der Waals surface area contributed by atoms with Crippen molar-refractivity contribution in [2.24, 2.45) is 0 Å². The van der Waals surface area contributed by atoms with Crippen molar-refractivity contribution in [2.45, 2.75) is 12.3 Å². The van der Waals surface area contributed by atoms with Gasteiger partial charge in [0.05, 0.1) is 0 Å². The van der Waals surface area contributed by atoms with Crippen LogP contribution < -0.4 is 0 Å². The molecule has 1 radical (unpaired) electrons. The van der Waals surface area contributed by atoms with E-state index in [2.05, 4.69) is 78.9 Å². The van der Waals surface area contributed by atoms with Crippen molar-refractivity contribution in [3.63, 3.8) is 0 Å². The molecule has 0 saturated heterocycles. The van der Waals surface area contributed by atoms with E-state index in [1.165, 1.54) is 27.5 Å². The molecule has 1 aliphatic rings. The molecule has 0 N–H and O–H groups in total. The van der Waals surface area contributed by atoms with Gasteiger partial charge in [-0.3, -0.25) is 0 Å². The van der Waals surface area contributed by atoms with Crippen molar-refractivity contribution >= 4 is 10.8 Å². The molecule has 4 rings (SSSR count). The van der Waals surface area contributed by atoms with E-state index in [1.807, 2.05) is 0 Å². The molecule has 1 aliphatic carbocycles. The van der Waals surface area contributed by atoms with Crippen molar-refractivity contribution in [3.05, 3.63) is 95.6 Å². The summed E-state index contributed by atoms with van der Waals surface area (Å²) in [7, 11) is 0. The molecule has 0 heterocycles. The summed E-state index contributed by atoms with van der Waals surface area (Å²) in [5, 5.41) is 2.63. The Morgan fingerprint density at radius 1 is 0.750 bits per heavy atom. The molecule has 0 amide bonds. The Hall–Kier alpha value is -2.34. The first-order valence-electron chi connectivity index (χ1n) is 7.07. The van der Waals surface area contributed by atoms with E-state index in [-0.39, 0.29) is 5.92 Å². The minimum atomic E-state index is 0.256. The predicted octanol–water partition coefficient (Wildman–Crippen LogP) is 4.89. The SMILES string of the molecule is [C]1=CCc2ccccc2C1c1cccc2ccccc12. The third kappa shape index (κ3) is 1.77. The number of benzene rings is 3. The first-order valence-corrected chi connectivity index (χ1v) is 7.07. The highest BCUT2D eigenvalue weighted by molar-refractivity contribution is 5.86. The van der Waals surface area contributed by atoms with Crippen LogP contribution in [-0.4, -0.2) is 0 Å². The Bertz CT molecular complexity index is 791. The molecular weight excluding hydrogens is 240 g/mol. The van der Waals surface area contributed by atoms with Crippen molar-refractivity contribution in [2.75, 3.05) is 0 Å². The van der Waals surface area contributed by atoms with Gasteiger partial charge in [-0.05, 0) is 40.0 Å². The van der Waals surface area contributed by atoms with Gasteiger partial charge in [-0.15, -0.1) is 0 Å². The first kappa shape index (κ1) is 11.5. The molecule has 3 aromatic rings.